The molecule has 2 heterocycles. The number of nitrogens with zero attached hydrogens (tertiary/aromatic N) is 3. The molecule has 1 atom stereocenters. The Kier molecular flexibility index (Phi) is 4.55. The maximum absolute atomic E-state index is 4.79. The Balaban J connectivity index is 1.78. The number of fused-ring (bicyclic) bond motifs is 1. The molecular formula is C17H22N4. The molecule has 2 aromatic heterocycles. The largest absolute Gasteiger partial charge is 0.310 e. The van der Waals surface area contributed by atoms with Crippen LogP contribution in [0.5, 0.6) is 0 Å². The summed E-state index contributed by atoms with van der Waals surface area (Å²) in [6.07, 6.45) is 11.1. The van der Waals surface area contributed by atoms with Crippen LogP contribution in [0.1, 0.15) is 54.9 Å². The van der Waals surface area contributed by atoms with Gasteiger partial charge in [-0.3, -0.25) is 4.98 Å². The van der Waals surface area contributed by atoms with Gasteiger partial charge in [-0.25, -0.2) is 9.97 Å². The first-order valence-corrected chi connectivity index (χ1v) is 7.84. The van der Waals surface area contributed by atoms with E-state index in [4.69, 9.17) is 4.98 Å². The first-order chi connectivity index (χ1) is 10.4. The highest BCUT2D eigenvalue weighted by atomic mass is 14.9. The Morgan fingerprint density at radius 3 is 3.10 bits per heavy atom. The number of hydrogen-bond acceptors (Lipinski definition) is 4. The van der Waals surface area contributed by atoms with Crippen LogP contribution in [0.25, 0.3) is 0 Å². The average molecular weight is 282 g/mol. The lowest BCUT2D eigenvalue weighted by Crippen LogP contribution is -2.27. The molecule has 0 aliphatic heterocycles. The molecule has 1 aliphatic carbocycles. The van der Waals surface area contributed by atoms with Crippen molar-refractivity contribution in [1.29, 1.82) is 0 Å². The van der Waals surface area contributed by atoms with Crippen LogP contribution in [0.3, 0.4) is 0 Å². The number of nitrogens with one attached hydrogen (secondary N) is 1. The van der Waals surface area contributed by atoms with E-state index in [1.54, 1.807) is 6.20 Å². The monoisotopic (exact) mass is 282 g/mol. The van der Waals surface area contributed by atoms with Crippen LogP contribution in [0.15, 0.2) is 30.7 Å². The standard InChI is InChI=1S/C17H22N4/c1-2-8-19-15-6-3-7-16-14(15)12-20-17(21-16)10-13-5-4-9-18-11-13/h4-5,9,11-12,15,19H,2-3,6-8,10H2,1H3. The zero-order chi connectivity index (χ0) is 14.5. The van der Waals surface area contributed by atoms with E-state index in [1.807, 2.05) is 18.5 Å². The topological polar surface area (TPSA) is 50.7 Å². The molecule has 2 aromatic rings. The molecule has 1 N–H and O–H groups in total. The summed E-state index contributed by atoms with van der Waals surface area (Å²) >= 11 is 0. The van der Waals surface area contributed by atoms with Crippen LogP contribution >= 0.6 is 0 Å². The van der Waals surface area contributed by atoms with Crippen molar-refractivity contribution in [2.45, 2.75) is 45.1 Å². The summed E-state index contributed by atoms with van der Waals surface area (Å²) in [7, 11) is 0. The molecule has 0 amide bonds. The molecule has 0 saturated heterocycles. The molecule has 0 radical (unpaired) electrons. The summed E-state index contributed by atoms with van der Waals surface area (Å²) < 4.78 is 0. The quantitative estimate of drug-likeness (QED) is 0.916. The molecular weight excluding hydrogens is 260 g/mol. The highest BCUT2D eigenvalue weighted by molar-refractivity contribution is 5.26. The van der Waals surface area contributed by atoms with Crippen molar-refractivity contribution in [3.05, 3.63) is 53.4 Å². The lowest BCUT2D eigenvalue weighted by molar-refractivity contribution is 0.452. The smallest absolute Gasteiger partial charge is 0.132 e. The third-order valence-electron chi connectivity index (χ3n) is 3.96. The molecule has 0 fully saturated rings. The molecule has 1 unspecified atom stereocenters. The van der Waals surface area contributed by atoms with Gasteiger partial charge in [-0.2, -0.15) is 0 Å². The number of aromatic nitrogens is 3. The van der Waals surface area contributed by atoms with Gasteiger partial charge in [0.15, 0.2) is 0 Å². The SMILES string of the molecule is CCCNC1CCCc2nc(Cc3cccnc3)ncc21. The average Bonchev–Trinajstić information content (AvgIpc) is 2.53. The van der Waals surface area contributed by atoms with Crippen molar-refractivity contribution in [1.82, 2.24) is 20.3 Å². The third-order valence-corrected chi connectivity index (χ3v) is 3.96. The number of hydrogen-bond donors (Lipinski definition) is 1. The molecule has 1 aliphatic rings. The van der Waals surface area contributed by atoms with E-state index in [0.717, 1.165) is 37.2 Å². The Hall–Kier alpha value is -1.81. The Labute approximate surface area is 126 Å². The van der Waals surface area contributed by atoms with Gasteiger partial charge in [0, 0.05) is 42.3 Å². The number of rotatable bonds is 5. The molecule has 110 valence electrons. The van der Waals surface area contributed by atoms with Crippen molar-refractivity contribution in [2.75, 3.05) is 6.54 Å². The molecule has 0 spiro atoms. The fraction of sp³-hybridized carbons (Fsp3) is 0.471. The molecule has 0 bridgehead atoms. The highest BCUT2D eigenvalue weighted by Gasteiger charge is 2.21. The lowest BCUT2D eigenvalue weighted by atomic mass is 9.92. The van der Waals surface area contributed by atoms with Crippen LogP contribution in [-0.4, -0.2) is 21.5 Å². The van der Waals surface area contributed by atoms with Crippen molar-refractivity contribution < 1.29 is 0 Å². The van der Waals surface area contributed by atoms with Gasteiger partial charge in [0.2, 0.25) is 0 Å². The van der Waals surface area contributed by atoms with E-state index in [9.17, 15) is 0 Å². The predicted molar refractivity (Wildman–Crippen MR) is 83.0 cm³/mol. The van der Waals surface area contributed by atoms with Crippen LogP contribution in [0.2, 0.25) is 0 Å². The van der Waals surface area contributed by atoms with Gasteiger partial charge in [-0.05, 0) is 43.9 Å². The van der Waals surface area contributed by atoms with E-state index < -0.39 is 0 Å². The lowest BCUT2D eigenvalue weighted by Gasteiger charge is -2.25. The summed E-state index contributed by atoms with van der Waals surface area (Å²) in [4.78, 5) is 13.5. The van der Waals surface area contributed by atoms with Crippen LogP contribution < -0.4 is 5.32 Å². The van der Waals surface area contributed by atoms with E-state index in [-0.39, 0.29) is 0 Å². The molecule has 0 saturated carbocycles. The van der Waals surface area contributed by atoms with Crippen molar-refractivity contribution in [3.8, 4) is 0 Å². The summed E-state index contributed by atoms with van der Waals surface area (Å²) in [6.45, 7) is 3.26. The molecule has 21 heavy (non-hydrogen) atoms. The van der Waals surface area contributed by atoms with Crippen LogP contribution in [0.4, 0.5) is 0 Å². The van der Waals surface area contributed by atoms with Gasteiger partial charge in [-0.15, -0.1) is 0 Å². The summed E-state index contributed by atoms with van der Waals surface area (Å²) in [5.41, 5.74) is 3.68. The fourth-order valence-electron chi connectivity index (χ4n) is 2.89. The van der Waals surface area contributed by atoms with E-state index in [0.29, 0.717) is 6.04 Å². The Morgan fingerprint density at radius 1 is 1.33 bits per heavy atom. The minimum absolute atomic E-state index is 0.432. The first kappa shape index (κ1) is 14.1. The van der Waals surface area contributed by atoms with Gasteiger partial charge in [0.05, 0.1) is 0 Å². The van der Waals surface area contributed by atoms with Crippen LogP contribution in [0, 0.1) is 0 Å². The van der Waals surface area contributed by atoms with Crippen molar-refractivity contribution >= 4 is 0 Å². The van der Waals surface area contributed by atoms with Gasteiger partial charge in [-0.1, -0.05) is 13.0 Å². The van der Waals surface area contributed by atoms with Gasteiger partial charge in [0.25, 0.3) is 0 Å². The Morgan fingerprint density at radius 2 is 2.29 bits per heavy atom. The zero-order valence-corrected chi connectivity index (χ0v) is 12.5. The Bertz CT molecular complexity index is 583. The predicted octanol–water partition coefficient (Wildman–Crippen LogP) is 2.84. The molecule has 4 heteroatoms. The third kappa shape index (κ3) is 3.45. The second-order valence-corrected chi connectivity index (χ2v) is 5.63. The fourth-order valence-corrected chi connectivity index (χ4v) is 2.89. The number of aryl methyl sites for hydroxylation is 1. The van der Waals surface area contributed by atoms with Gasteiger partial charge < -0.3 is 5.32 Å². The molecule has 3 rings (SSSR count). The first-order valence-electron chi connectivity index (χ1n) is 7.84. The second-order valence-electron chi connectivity index (χ2n) is 5.63. The summed E-state index contributed by atoms with van der Waals surface area (Å²) in [5.74, 6) is 0.901. The van der Waals surface area contributed by atoms with Crippen molar-refractivity contribution in [3.63, 3.8) is 0 Å². The minimum Gasteiger partial charge on any atom is -0.310 e. The second kappa shape index (κ2) is 6.76. The maximum atomic E-state index is 4.79. The van der Waals surface area contributed by atoms with E-state index >= 15 is 0 Å². The molecule has 4 nitrogen and oxygen atoms in total. The molecule has 0 aromatic carbocycles. The zero-order valence-electron chi connectivity index (χ0n) is 12.5. The maximum Gasteiger partial charge on any atom is 0.132 e. The van der Waals surface area contributed by atoms with E-state index in [2.05, 4.69) is 28.3 Å². The highest BCUT2D eigenvalue weighted by Crippen LogP contribution is 2.28. The normalized spacial score (nSPS) is 17.5. The van der Waals surface area contributed by atoms with Gasteiger partial charge >= 0.3 is 0 Å². The van der Waals surface area contributed by atoms with E-state index in [1.165, 1.54) is 24.1 Å². The van der Waals surface area contributed by atoms with Gasteiger partial charge in [0.1, 0.15) is 5.82 Å². The van der Waals surface area contributed by atoms with Crippen molar-refractivity contribution in [2.24, 2.45) is 0 Å². The van der Waals surface area contributed by atoms with Crippen LogP contribution in [-0.2, 0) is 12.8 Å². The minimum atomic E-state index is 0.432. The summed E-state index contributed by atoms with van der Waals surface area (Å²) in [5, 5.41) is 3.61. The summed E-state index contributed by atoms with van der Waals surface area (Å²) in [6, 6.07) is 4.46. The number of pyridine rings is 1.